The van der Waals surface area contributed by atoms with E-state index in [9.17, 15) is 79.2 Å². The van der Waals surface area contributed by atoms with Gasteiger partial charge in [-0.05, 0) is 373 Å². The van der Waals surface area contributed by atoms with E-state index in [0.717, 1.165) is 235 Å². The van der Waals surface area contributed by atoms with Crippen molar-refractivity contribution >= 4 is 166 Å². The molecular formula is C102H109ClF6N8O12S8. The second-order valence-electron chi connectivity index (χ2n) is 34.8. The lowest BCUT2D eigenvalue weighted by Crippen LogP contribution is -2.31. The van der Waals surface area contributed by atoms with Gasteiger partial charge in [0.25, 0.3) is 40.1 Å². The minimum Gasteiger partial charge on any atom is -0.371 e. The predicted octanol–water partition coefficient (Wildman–Crippen LogP) is 24.4. The second-order valence-corrected chi connectivity index (χ2v) is 45.6. The van der Waals surface area contributed by atoms with Crippen LogP contribution in [-0.2, 0) is 65.8 Å². The number of halogens is 7. The molecule has 35 heteroatoms. The van der Waals surface area contributed by atoms with Crippen LogP contribution in [0.15, 0.2) is 181 Å². The minimum atomic E-state index is -4.20. The summed E-state index contributed by atoms with van der Waals surface area (Å²) in [6.45, 7) is 27.4. The van der Waals surface area contributed by atoms with Gasteiger partial charge in [-0.25, -0.2) is 60.0 Å². The van der Waals surface area contributed by atoms with E-state index in [-0.39, 0.29) is 102 Å². The lowest BCUT2D eigenvalue weighted by atomic mass is 9.92. The molecule has 0 spiro atoms. The topological polar surface area (TPSA) is 266 Å². The molecule has 4 aliphatic rings. The first kappa shape index (κ1) is 104. The third kappa shape index (κ3) is 25.0. The van der Waals surface area contributed by atoms with Gasteiger partial charge in [0.2, 0.25) is 0 Å². The summed E-state index contributed by atoms with van der Waals surface area (Å²) in [6.07, 6.45) is 14.2. The molecule has 0 atom stereocenters. The van der Waals surface area contributed by atoms with Crippen LogP contribution in [0, 0.1) is 104 Å². The van der Waals surface area contributed by atoms with Crippen LogP contribution in [0.5, 0.6) is 0 Å². The lowest BCUT2D eigenvalue weighted by Gasteiger charge is -2.33. The number of ketones is 4. The summed E-state index contributed by atoms with van der Waals surface area (Å²) in [7, 11) is -16.1. The maximum Gasteiger partial charge on any atom is 0.262 e. The maximum absolute atomic E-state index is 14.9. The average molecular weight is 2050 g/mol. The van der Waals surface area contributed by atoms with E-state index < -0.39 is 74.1 Å². The number of benzene rings is 8. The summed E-state index contributed by atoms with van der Waals surface area (Å²) >= 11 is 11.3. The first-order chi connectivity index (χ1) is 65.1. The molecule has 726 valence electrons. The van der Waals surface area contributed by atoms with Crippen LogP contribution in [0.3, 0.4) is 0 Å². The van der Waals surface area contributed by atoms with Crippen molar-refractivity contribution in [3.8, 4) is 0 Å². The standard InChI is InChI=1S/C26H28F2N2O3S2.C26H29FN2O3S2.C25H26ClFN2O3S2.C25H26F2N2O3S2/c1-16-13-17(2)25(30-10-5-4-6-11-30)18(3)20(16)15-24(31)26-23(9-12-34-26)29-35(32,33)19-7-8-21(27)22(28)14-19;1-17-15-18(2)25(29-12-5-4-6-13-29)19(3)22(17)16-24(30)26-23(11-14-33-26)28-34(31,32)21-9-7-20(27)8-10-21;1-16-14-21(26)24(29-11-4-3-5-12-29)17(2)20(16)15-23(30)25-22(10-13-33-25)28-34(31,32)19-8-6-18(27)7-9-19;1-16-14-21(27)24(29-11-4-3-5-12-29)17(2)20(16)15-23(30)25-22(10-13-33-25)28-34(31,32)19-8-6-18(26)7-9-19/h7-9,12-14,29H,4-6,10-11,15H2,1-3H3;7-11,14-15,28H,4-6,12-13,16H2,1-3H3;2*6-10,13-14,28H,3-5,11-12,15H2,1-2H3. The van der Waals surface area contributed by atoms with Crippen LogP contribution in [0.2, 0.25) is 5.02 Å². The number of hydrogen-bond donors (Lipinski definition) is 4. The number of anilines is 8. The fourth-order valence-corrected chi connectivity index (χ4v) is 26.5. The van der Waals surface area contributed by atoms with E-state index in [1.165, 1.54) is 132 Å². The highest BCUT2D eigenvalue weighted by Crippen LogP contribution is 2.42. The van der Waals surface area contributed by atoms with Gasteiger partial charge in [0.1, 0.15) is 23.3 Å². The predicted molar refractivity (Wildman–Crippen MR) is 541 cm³/mol. The molecule has 4 aromatic heterocycles. The smallest absolute Gasteiger partial charge is 0.262 e. The Labute approximate surface area is 819 Å². The largest absolute Gasteiger partial charge is 0.371 e. The van der Waals surface area contributed by atoms with E-state index in [1.807, 2.05) is 47.6 Å². The third-order valence-corrected chi connectivity index (χ3v) is 34.8. The highest BCUT2D eigenvalue weighted by Gasteiger charge is 2.32. The Morgan fingerprint density at radius 1 is 0.285 bits per heavy atom. The number of piperidine rings is 4. The van der Waals surface area contributed by atoms with Crippen LogP contribution in [0.1, 0.15) is 194 Å². The number of hydrogen-bond acceptors (Lipinski definition) is 20. The van der Waals surface area contributed by atoms with Crippen molar-refractivity contribution in [2.75, 3.05) is 90.8 Å². The molecule has 0 radical (unpaired) electrons. The van der Waals surface area contributed by atoms with Crippen molar-refractivity contribution in [1.82, 2.24) is 0 Å². The number of carbonyl (C=O) groups excluding carboxylic acids is 4. The molecule has 0 saturated carbocycles. The SMILES string of the molecule is Cc1cc(C)c(N2CCCCC2)c(C)c1CC(=O)c1sccc1NS(=O)(=O)c1ccc(F)c(F)c1.Cc1cc(C)c(N2CCCCC2)c(C)c1CC(=O)c1sccc1NS(=O)(=O)c1ccc(F)cc1.Cc1cc(Cl)c(N2CCCCC2)c(C)c1CC(=O)c1sccc1NS(=O)(=O)c1ccc(F)cc1.Cc1cc(F)c(N2CCCCC2)c(C)c1CC(=O)c1sccc1NS(=O)(=O)c1ccc(F)cc1. The van der Waals surface area contributed by atoms with Gasteiger partial charge >= 0.3 is 0 Å². The molecule has 4 fully saturated rings. The van der Waals surface area contributed by atoms with Gasteiger partial charge in [-0.2, -0.15) is 0 Å². The molecule has 0 bridgehead atoms. The van der Waals surface area contributed by atoms with E-state index in [0.29, 0.717) is 32.1 Å². The van der Waals surface area contributed by atoms with Gasteiger partial charge in [-0.1, -0.05) is 23.7 Å². The zero-order valence-corrected chi connectivity index (χ0v) is 84.9. The van der Waals surface area contributed by atoms with E-state index >= 15 is 0 Å². The Kier molecular flexibility index (Phi) is 34.1. The van der Waals surface area contributed by atoms with E-state index in [4.69, 9.17) is 11.6 Å². The Balaban J connectivity index is 0.000000154. The molecule has 4 aliphatic heterocycles. The summed E-state index contributed by atoms with van der Waals surface area (Å²) in [5.74, 6) is -5.03. The number of rotatable bonds is 28. The van der Waals surface area contributed by atoms with Gasteiger partial charge in [0.05, 0.1) is 78.2 Å². The van der Waals surface area contributed by atoms with Crippen LogP contribution in [-0.4, -0.2) is 109 Å². The molecule has 4 saturated heterocycles. The number of carbonyl (C=O) groups is 4. The molecule has 12 aromatic rings. The van der Waals surface area contributed by atoms with Gasteiger partial charge in [0.15, 0.2) is 34.8 Å². The highest BCUT2D eigenvalue weighted by molar-refractivity contribution is 7.93. The summed E-state index contributed by atoms with van der Waals surface area (Å²) in [5, 5.41) is 7.33. The fourth-order valence-electron chi connectivity index (χ4n) is 18.3. The normalized spacial score (nSPS) is 14.3. The van der Waals surface area contributed by atoms with Crippen LogP contribution in [0.25, 0.3) is 0 Å². The summed E-state index contributed by atoms with van der Waals surface area (Å²) in [5.41, 5.74) is 18.4. The molecule has 8 heterocycles. The quantitative estimate of drug-likeness (QED) is 0.0262. The molecule has 0 amide bonds. The van der Waals surface area contributed by atoms with Crippen LogP contribution < -0.4 is 38.5 Å². The average Bonchev–Trinajstić information content (AvgIpc) is 1.50. The minimum absolute atomic E-state index is 0.0323. The first-order valence-electron chi connectivity index (χ1n) is 45.1. The number of Topliss-reactive ketones (excluding diaryl/α,β-unsaturated/α-hetero) is 4. The monoisotopic (exact) mass is 2040 g/mol. The van der Waals surface area contributed by atoms with Crippen molar-refractivity contribution in [3.63, 3.8) is 0 Å². The highest BCUT2D eigenvalue weighted by atomic mass is 35.5. The molecule has 16 rings (SSSR count). The van der Waals surface area contributed by atoms with Crippen molar-refractivity contribution in [3.05, 3.63) is 298 Å². The van der Waals surface area contributed by atoms with Gasteiger partial charge in [0, 0.05) is 89.4 Å². The Morgan fingerprint density at radius 2 is 0.533 bits per heavy atom. The van der Waals surface area contributed by atoms with Crippen molar-refractivity contribution < 1.29 is 79.2 Å². The third-order valence-electron chi connectivity index (χ3n) is 25.2. The van der Waals surface area contributed by atoms with Crippen LogP contribution in [0.4, 0.5) is 71.8 Å². The summed E-state index contributed by atoms with van der Waals surface area (Å²) in [6, 6.07) is 29.8. The molecule has 0 unspecified atom stereocenters. The van der Waals surface area contributed by atoms with Crippen molar-refractivity contribution in [2.24, 2.45) is 0 Å². The van der Waals surface area contributed by atoms with Crippen molar-refractivity contribution in [1.29, 1.82) is 0 Å². The van der Waals surface area contributed by atoms with Crippen molar-refractivity contribution in [2.45, 2.75) is 192 Å². The second kappa shape index (κ2) is 45.1. The Morgan fingerprint density at radius 3 is 0.832 bits per heavy atom. The van der Waals surface area contributed by atoms with Crippen LogP contribution >= 0.6 is 56.9 Å². The zero-order valence-electron chi connectivity index (χ0n) is 77.7. The number of nitrogens with one attached hydrogen (secondary N) is 4. The fraction of sp³-hybridized carbons (Fsp3) is 0.333. The summed E-state index contributed by atoms with van der Waals surface area (Å²) in [4.78, 5) is 63.0. The van der Waals surface area contributed by atoms with Gasteiger partial charge in [-0.15, -0.1) is 45.3 Å². The number of sulfonamides is 4. The number of aryl methyl sites for hydroxylation is 6. The molecule has 20 nitrogen and oxygen atoms in total. The zero-order chi connectivity index (χ0) is 98.7. The van der Waals surface area contributed by atoms with E-state index in [1.54, 1.807) is 40.6 Å². The molecular weight excluding hydrogens is 1940 g/mol. The number of nitrogens with zero attached hydrogens (tertiary/aromatic N) is 4. The molecule has 8 aromatic carbocycles. The lowest BCUT2D eigenvalue weighted by molar-refractivity contribution is 0.0989. The Hall–Kier alpha value is -10.7. The van der Waals surface area contributed by atoms with E-state index in [2.05, 4.69) is 71.4 Å². The molecule has 4 N–H and O–H groups in total. The molecule has 137 heavy (non-hydrogen) atoms. The first-order valence-corrected chi connectivity index (χ1v) is 54.9. The van der Waals surface area contributed by atoms with Gasteiger partial charge < -0.3 is 19.6 Å². The number of thiophene rings is 4. The van der Waals surface area contributed by atoms with Gasteiger partial charge in [-0.3, -0.25) is 38.1 Å². The summed E-state index contributed by atoms with van der Waals surface area (Å²) < 4.78 is 193. The molecule has 0 aliphatic carbocycles. The maximum atomic E-state index is 14.9. The Bertz CT molecular complexity index is 6480.